The Labute approximate surface area is 111 Å². The third kappa shape index (κ3) is 3.36. The zero-order valence-corrected chi connectivity index (χ0v) is 11.0. The summed E-state index contributed by atoms with van der Waals surface area (Å²) in [4.78, 5) is 12.0. The number of halogens is 2. The number of amides is 1. The third-order valence-electron chi connectivity index (χ3n) is 3.12. The molecular formula is C13H15Cl2NO. The molecule has 1 fully saturated rings. The molecule has 4 heteroatoms. The lowest BCUT2D eigenvalue weighted by Crippen LogP contribution is -2.36. The van der Waals surface area contributed by atoms with Crippen molar-refractivity contribution in [2.24, 2.45) is 0 Å². The molecule has 1 aromatic carbocycles. The van der Waals surface area contributed by atoms with Crippen LogP contribution >= 0.6 is 23.2 Å². The second-order valence-electron chi connectivity index (χ2n) is 4.43. The Balaban J connectivity index is 2.03. The molecule has 1 saturated carbocycles. The summed E-state index contributed by atoms with van der Waals surface area (Å²) in [5.41, 5.74) is 0.502. The molecule has 0 unspecified atom stereocenters. The van der Waals surface area contributed by atoms with Gasteiger partial charge in [-0.15, -0.1) is 0 Å². The Bertz CT molecular complexity index is 414. The lowest BCUT2D eigenvalue weighted by atomic mass is 9.95. The summed E-state index contributed by atoms with van der Waals surface area (Å²) in [5, 5.41) is 3.98. The van der Waals surface area contributed by atoms with Crippen LogP contribution in [0.5, 0.6) is 0 Å². The van der Waals surface area contributed by atoms with Crippen molar-refractivity contribution in [2.75, 3.05) is 0 Å². The van der Waals surface area contributed by atoms with E-state index in [-0.39, 0.29) is 5.91 Å². The molecule has 0 aliphatic heterocycles. The Morgan fingerprint density at radius 1 is 1.18 bits per heavy atom. The molecule has 2 rings (SSSR count). The molecule has 2 nitrogen and oxygen atoms in total. The van der Waals surface area contributed by atoms with E-state index in [9.17, 15) is 4.79 Å². The first kappa shape index (κ1) is 12.7. The fourth-order valence-electron chi connectivity index (χ4n) is 2.18. The van der Waals surface area contributed by atoms with E-state index in [1.54, 1.807) is 18.2 Å². The van der Waals surface area contributed by atoms with Crippen molar-refractivity contribution in [3.8, 4) is 0 Å². The largest absolute Gasteiger partial charge is 0.349 e. The van der Waals surface area contributed by atoms with Gasteiger partial charge in [0.1, 0.15) is 0 Å². The average molecular weight is 272 g/mol. The van der Waals surface area contributed by atoms with Crippen molar-refractivity contribution in [1.82, 2.24) is 5.32 Å². The van der Waals surface area contributed by atoms with Crippen LogP contribution < -0.4 is 5.32 Å². The van der Waals surface area contributed by atoms with E-state index >= 15 is 0 Å². The summed E-state index contributed by atoms with van der Waals surface area (Å²) in [6.07, 6.45) is 5.79. The molecular weight excluding hydrogens is 257 g/mol. The van der Waals surface area contributed by atoms with Crippen LogP contribution in [0.4, 0.5) is 0 Å². The normalized spacial score (nSPS) is 16.8. The highest BCUT2D eigenvalue weighted by molar-refractivity contribution is 6.36. The minimum atomic E-state index is -0.0985. The van der Waals surface area contributed by atoms with E-state index in [2.05, 4.69) is 5.32 Å². The maximum atomic E-state index is 12.0. The van der Waals surface area contributed by atoms with Crippen molar-refractivity contribution in [3.63, 3.8) is 0 Å². The van der Waals surface area contributed by atoms with Crippen LogP contribution in [0.15, 0.2) is 18.2 Å². The first-order valence-electron chi connectivity index (χ1n) is 5.93. The standard InChI is InChI=1S/C13H15Cl2NO/c14-9-6-7-11(12(15)8-9)13(17)16-10-4-2-1-3-5-10/h6-8,10H,1-5H2,(H,16,17). The highest BCUT2D eigenvalue weighted by atomic mass is 35.5. The van der Waals surface area contributed by atoms with Crippen molar-refractivity contribution >= 4 is 29.1 Å². The predicted molar refractivity (Wildman–Crippen MR) is 70.8 cm³/mol. The molecule has 1 aliphatic rings. The minimum absolute atomic E-state index is 0.0985. The molecule has 0 spiro atoms. The first-order valence-corrected chi connectivity index (χ1v) is 6.68. The second-order valence-corrected chi connectivity index (χ2v) is 5.28. The summed E-state index contributed by atoms with van der Waals surface area (Å²) in [7, 11) is 0. The van der Waals surface area contributed by atoms with Crippen LogP contribution in [0, 0.1) is 0 Å². The van der Waals surface area contributed by atoms with E-state index in [4.69, 9.17) is 23.2 Å². The number of rotatable bonds is 2. The zero-order valence-electron chi connectivity index (χ0n) is 9.51. The molecule has 1 aliphatic carbocycles. The van der Waals surface area contributed by atoms with Gasteiger partial charge >= 0.3 is 0 Å². The highest BCUT2D eigenvalue weighted by Gasteiger charge is 2.18. The summed E-state index contributed by atoms with van der Waals surface area (Å²) < 4.78 is 0. The van der Waals surface area contributed by atoms with Gasteiger partial charge in [-0.25, -0.2) is 0 Å². The Morgan fingerprint density at radius 2 is 1.88 bits per heavy atom. The smallest absolute Gasteiger partial charge is 0.253 e. The Hall–Kier alpha value is -0.730. The zero-order chi connectivity index (χ0) is 12.3. The minimum Gasteiger partial charge on any atom is -0.349 e. The lowest BCUT2D eigenvalue weighted by Gasteiger charge is -2.22. The number of hydrogen-bond donors (Lipinski definition) is 1. The van der Waals surface area contributed by atoms with Crippen molar-refractivity contribution in [2.45, 2.75) is 38.1 Å². The molecule has 0 heterocycles. The molecule has 0 atom stereocenters. The average Bonchev–Trinajstić information content (AvgIpc) is 2.30. The summed E-state index contributed by atoms with van der Waals surface area (Å²) in [5.74, 6) is -0.0985. The van der Waals surface area contributed by atoms with Gasteiger partial charge in [-0.1, -0.05) is 42.5 Å². The molecule has 92 valence electrons. The van der Waals surface area contributed by atoms with Gasteiger partial charge in [0.05, 0.1) is 10.6 Å². The van der Waals surface area contributed by atoms with E-state index in [1.807, 2.05) is 0 Å². The molecule has 0 saturated heterocycles. The highest BCUT2D eigenvalue weighted by Crippen LogP contribution is 2.22. The molecule has 1 aromatic rings. The van der Waals surface area contributed by atoms with Gasteiger partial charge in [-0.05, 0) is 31.0 Å². The first-order chi connectivity index (χ1) is 8.16. The van der Waals surface area contributed by atoms with Crippen LogP contribution in [0.25, 0.3) is 0 Å². The van der Waals surface area contributed by atoms with Gasteiger partial charge in [0.15, 0.2) is 0 Å². The fraction of sp³-hybridized carbons (Fsp3) is 0.462. The Morgan fingerprint density at radius 3 is 2.53 bits per heavy atom. The van der Waals surface area contributed by atoms with Crippen molar-refractivity contribution < 1.29 is 4.79 Å². The van der Waals surface area contributed by atoms with Crippen LogP contribution in [-0.4, -0.2) is 11.9 Å². The maximum absolute atomic E-state index is 12.0. The molecule has 0 radical (unpaired) electrons. The number of hydrogen-bond acceptors (Lipinski definition) is 1. The van der Waals surface area contributed by atoms with E-state index in [0.717, 1.165) is 12.8 Å². The van der Waals surface area contributed by atoms with E-state index in [1.165, 1.54) is 19.3 Å². The summed E-state index contributed by atoms with van der Waals surface area (Å²) >= 11 is 11.8. The van der Waals surface area contributed by atoms with Gasteiger partial charge in [-0.3, -0.25) is 4.79 Å². The van der Waals surface area contributed by atoms with Crippen LogP contribution in [0.3, 0.4) is 0 Å². The monoisotopic (exact) mass is 271 g/mol. The van der Waals surface area contributed by atoms with Crippen molar-refractivity contribution in [1.29, 1.82) is 0 Å². The third-order valence-corrected chi connectivity index (χ3v) is 3.66. The summed E-state index contributed by atoms with van der Waals surface area (Å²) in [6, 6.07) is 5.24. The van der Waals surface area contributed by atoms with Gasteiger partial charge in [0.25, 0.3) is 5.91 Å². The van der Waals surface area contributed by atoms with Gasteiger partial charge in [0, 0.05) is 11.1 Å². The predicted octanol–water partition coefficient (Wildman–Crippen LogP) is 4.06. The lowest BCUT2D eigenvalue weighted by molar-refractivity contribution is 0.0928. The summed E-state index contributed by atoms with van der Waals surface area (Å²) in [6.45, 7) is 0. The van der Waals surface area contributed by atoms with Crippen molar-refractivity contribution in [3.05, 3.63) is 33.8 Å². The number of carbonyl (C=O) groups excluding carboxylic acids is 1. The topological polar surface area (TPSA) is 29.1 Å². The number of carbonyl (C=O) groups is 1. The van der Waals surface area contributed by atoms with E-state index < -0.39 is 0 Å². The Kier molecular flexibility index (Phi) is 4.30. The van der Waals surface area contributed by atoms with Crippen LogP contribution in [0.1, 0.15) is 42.5 Å². The second kappa shape index (κ2) is 5.74. The molecule has 17 heavy (non-hydrogen) atoms. The van der Waals surface area contributed by atoms with Gasteiger partial charge in [0.2, 0.25) is 0 Å². The van der Waals surface area contributed by atoms with Gasteiger partial charge < -0.3 is 5.32 Å². The van der Waals surface area contributed by atoms with Crippen LogP contribution in [-0.2, 0) is 0 Å². The quantitative estimate of drug-likeness (QED) is 0.864. The fourth-order valence-corrected chi connectivity index (χ4v) is 2.68. The SMILES string of the molecule is O=C(NC1CCCCC1)c1ccc(Cl)cc1Cl. The van der Waals surface area contributed by atoms with E-state index in [0.29, 0.717) is 21.7 Å². The number of benzene rings is 1. The molecule has 0 bridgehead atoms. The maximum Gasteiger partial charge on any atom is 0.253 e. The number of nitrogens with one attached hydrogen (secondary N) is 1. The van der Waals surface area contributed by atoms with Gasteiger partial charge in [-0.2, -0.15) is 0 Å². The molecule has 0 aromatic heterocycles. The van der Waals surface area contributed by atoms with Crippen LogP contribution in [0.2, 0.25) is 10.0 Å². The molecule has 1 N–H and O–H groups in total. The molecule has 1 amide bonds.